The number of halogens is 2. The van der Waals surface area contributed by atoms with Gasteiger partial charge < -0.3 is 19.5 Å². The molecule has 8 heteroatoms. The van der Waals surface area contributed by atoms with E-state index in [1.54, 1.807) is 24.3 Å². The summed E-state index contributed by atoms with van der Waals surface area (Å²) in [6, 6.07) is 9.66. The van der Waals surface area contributed by atoms with Crippen LogP contribution in [0.3, 0.4) is 0 Å². The molecule has 0 fully saturated rings. The summed E-state index contributed by atoms with van der Waals surface area (Å²) < 4.78 is 16.1. The van der Waals surface area contributed by atoms with Gasteiger partial charge in [0.1, 0.15) is 13.2 Å². The Balaban J connectivity index is 1.65. The van der Waals surface area contributed by atoms with Gasteiger partial charge in [0.05, 0.1) is 15.6 Å². The highest BCUT2D eigenvalue weighted by Gasteiger charge is 2.23. The van der Waals surface area contributed by atoms with Crippen molar-refractivity contribution in [3.05, 3.63) is 52.0 Å². The first-order valence-corrected chi connectivity index (χ1v) is 8.57. The van der Waals surface area contributed by atoms with Crippen LogP contribution in [0.15, 0.2) is 36.4 Å². The van der Waals surface area contributed by atoms with Gasteiger partial charge in [-0.05, 0) is 31.2 Å². The van der Waals surface area contributed by atoms with Crippen molar-refractivity contribution >= 4 is 40.8 Å². The highest BCUT2D eigenvalue weighted by molar-refractivity contribution is 6.39. The first kappa shape index (κ1) is 18.4. The third-order valence-corrected chi connectivity index (χ3v) is 4.26. The molecular weight excluding hydrogens is 381 g/mol. The van der Waals surface area contributed by atoms with Crippen LogP contribution in [0.5, 0.6) is 11.5 Å². The number of carbonyl (C=O) groups is 2. The van der Waals surface area contributed by atoms with E-state index in [9.17, 15) is 9.59 Å². The molecule has 0 bridgehead atoms. The second-order valence-electron chi connectivity index (χ2n) is 5.49. The van der Waals surface area contributed by atoms with Crippen LogP contribution in [-0.2, 0) is 9.53 Å². The van der Waals surface area contributed by atoms with Crippen molar-refractivity contribution in [3.8, 4) is 11.5 Å². The predicted molar refractivity (Wildman–Crippen MR) is 97.4 cm³/mol. The maximum atomic E-state index is 12.3. The number of ether oxygens (including phenoxy) is 3. The number of carbonyl (C=O) groups excluding carboxylic acids is 2. The number of esters is 1. The third kappa shape index (κ3) is 4.03. The number of hydrogen-bond acceptors (Lipinski definition) is 5. The molecule has 1 atom stereocenters. The first-order chi connectivity index (χ1) is 12.5. The van der Waals surface area contributed by atoms with Gasteiger partial charge in [0, 0.05) is 11.8 Å². The summed E-state index contributed by atoms with van der Waals surface area (Å²) in [5.74, 6) is -0.118. The van der Waals surface area contributed by atoms with Gasteiger partial charge in [-0.2, -0.15) is 0 Å². The van der Waals surface area contributed by atoms with Gasteiger partial charge in [0.25, 0.3) is 5.91 Å². The monoisotopic (exact) mass is 395 g/mol. The smallest absolute Gasteiger partial charge is 0.341 e. The summed E-state index contributed by atoms with van der Waals surface area (Å²) in [6.45, 7) is 2.38. The highest BCUT2D eigenvalue weighted by Crippen LogP contribution is 2.32. The van der Waals surface area contributed by atoms with E-state index in [2.05, 4.69) is 5.32 Å². The maximum absolute atomic E-state index is 12.3. The molecule has 0 aliphatic carbocycles. The van der Waals surface area contributed by atoms with Crippen molar-refractivity contribution in [2.75, 3.05) is 18.5 Å². The van der Waals surface area contributed by atoms with Crippen molar-refractivity contribution in [2.24, 2.45) is 0 Å². The predicted octanol–water partition coefficient (Wildman–Crippen LogP) is 3.95. The highest BCUT2D eigenvalue weighted by atomic mass is 35.5. The minimum Gasteiger partial charge on any atom is -0.486 e. The molecule has 1 N–H and O–H groups in total. The van der Waals surface area contributed by atoms with E-state index in [0.717, 1.165) is 0 Å². The van der Waals surface area contributed by atoms with Crippen molar-refractivity contribution < 1.29 is 23.8 Å². The molecule has 1 aliphatic heterocycles. The van der Waals surface area contributed by atoms with E-state index < -0.39 is 18.0 Å². The molecule has 0 aromatic heterocycles. The second kappa shape index (κ2) is 7.85. The summed E-state index contributed by atoms with van der Waals surface area (Å²) >= 11 is 11.9. The average molecular weight is 396 g/mol. The molecular formula is C18H15Cl2NO5. The zero-order valence-electron chi connectivity index (χ0n) is 13.8. The number of fused-ring (bicyclic) bond motifs is 1. The Morgan fingerprint density at radius 1 is 1.08 bits per heavy atom. The fraction of sp³-hybridized carbons (Fsp3) is 0.222. The van der Waals surface area contributed by atoms with Crippen LogP contribution >= 0.6 is 23.2 Å². The molecule has 1 aliphatic rings. The number of rotatable bonds is 4. The van der Waals surface area contributed by atoms with Crippen LogP contribution in [0.2, 0.25) is 10.0 Å². The van der Waals surface area contributed by atoms with Crippen LogP contribution < -0.4 is 14.8 Å². The van der Waals surface area contributed by atoms with Crippen LogP contribution in [0.25, 0.3) is 0 Å². The molecule has 6 nitrogen and oxygen atoms in total. The van der Waals surface area contributed by atoms with Gasteiger partial charge >= 0.3 is 5.97 Å². The molecule has 0 saturated heterocycles. The molecule has 2 aromatic carbocycles. The molecule has 136 valence electrons. The van der Waals surface area contributed by atoms with E-state index in [0.29, 0.717) is 30.4 Å². The molecule has 0 radical (unpaired) electrons. The average Bonchev–Trinajstić information content (AvgIpc) is 2.61. The van der Waals surface area contributed by atoms with Crippen molar-refractivity contribution in [1.82, 2.24) is 0 Å². The maximum Gasteiger partial charge on any atom is 0.341 e. The lowest BCUT2D eigenvalue weighted by atomic mass is 10.2. The molecule has 0 unspecified atom stereocenters. The standard InChI is InChI=1S/C18H15Cl2NO5/c1-10(26-18(23)16-12(19)3-2-4-13(16)20)17(22)21-11-5-6-14-15(9-11)25-8-7-24-14/h2-6,9-10H,7-8H2,1H3,(H,21,22)/t10-/m0/s1. The Bertz CT molecular complexity index is 835. The summed E-state index contributed by atoms with van der Waals surface area (Å²) in [7, 11) is 0. The second-order valence-corrected chi connectivity index (χ2v) is 6.31. The van der Waals surface area contributed by atoms with Crippen molar-refractivity contribution in [3.63, 3.8) is 0 Å². The number of anilines is 1. The van der Waals surface area contributed by atoms with Crippen molar-refractivity contribution in [1.29, 1.82) is 0 Å². The lowest BCUT2D eigenvalue weighted by Crippen LogP contribution is -2.30. The fourth-order valence-corrected chi connectivity index (χ4v) is 2.88. The zero-order valence-corrected chi connectivity index (χ0v) is 15.3. The number of amides is 1. The Morgan fingerprint density at radius 2 is 1.73 bits per heavy atom. The lowest BCUT2D eigenvalue weighted by molar-refractivity contribution is -0.123. The third-order valence-electron chi connectivity index (χ3n) is 3.63. The van der Waals surface area contributed by atoms with Crippen LogP contribution in [0, 0.1) is 0 Å². The Labute approximate surface area is 159 Å². The van der Waals surface area contributed by atoms with Gasteiger partial charge in [0.15, 0.2) is 17.6 Å². The van der Waals surface area contributed by atoms with E-state index in [4.69, 9.17) is 37.4 Å². The molecule has 1 amide bonds. The van der Waals surface area contributed by atoms with Crippen LogP contribution in [-0.4, -0.2) is 31.2 Å². The minimum atomic E-state index is -1.05. The molecule has 1 heterocycles. The Morgan fingerprint density at radius 3 is 2.42 bits per heavy atom. The molecule has 0 saturated carbocycles. The summed E-state index contributed by atoms with van der Waals surface area (Å²) in [5, 5.41) is 2.97. The minimum absolute atomic E-state index is 0.0230. The summed E-state index contributed by atoms with van der Waals surface area (Å²) in [6.07, 6.45) is -1.05. The summed E-state index contributed by atoms with van der Waals surface area (Å²) in [4.78, 5) is 24.5. The normalized spacial score (nSPS) is 13.7. The quantitative estimate of drug-likeness (QED) is 0.793. The van der Waals surface area contributed by atoms with Gasteiger partial charge in [-0.1, -0.05) is 29.3 Å². The van der Waals surface area contributed by atoms with Gasteiger partial charge in [0.2, 0.25) is 0 Å². The largest absolute Gasteiger partial charge is 0.486 e. The fourth-order valence-electron chi connectivity index (χ4n) is 2.33. The first-order valence-electron chi connectivity index (χ1n) is 7.81. The summed E-state index contributed by atoms with van der Waals surface area (Å²) in [5.41, 5.74) is 0.521. The molecule has 26 heavy (non-hydrogen) atoms. The number of nitrogens with one attached hydrogen (secondary N) is 1. The van der Waals surface area contributed by atoms with E-state index in [-0.39, 0.29) is 15.6 Å². The van der Waals surface area contributed by atoms with Gasteiger partial charge in [-0.25, -0.2) is 4.79 Å². The van der Waals surface area contributed by atoms with Gasteiger partial charge in [-0.15, -0.1) is 0 Å². The Kier molecular flexibility index (Phi) is 5.54. The lowest BCUT2D eigenvalue weighted by Gasteiger charge is -2.19. The number of benzene rings is 2. The van der Waals surface area contributed by atoms with E-state index in [1.807, 2.05) is 0 Å². The van der Waals surface area contributed by atoms with Crippen LogP contribution in [0.1, 0.15) is 17.3 Å². The van der Waals surface area contributed by atoms with E-state index in [1.165, 1.54) is 19.1 Å². The topological polar surface area (TPSA) is 73.9 Å². The molecule has 2 aromatic rings. The van der Waals surface area contributed by atoms with Crippen LogP contribution in [0.4, 0.5) is 5.69 Å². The van der Waals surface area contributed by atoms with Crippen molar-refractivity contribution in [2.45, 2.75) is 13.0 Å². The zero-order chi connectivity index (χ0) is 18.7. The molecule has 3 rings (SSSR count). The van der Waals surface area contributed by atoms with E-state index >= 15 is 0 Å². The van der Waals surface area contributed by atoms with Gasteiger partial charge in [-0.3, -0.25) is 4.79 Å². The Hall–Kier alpha value is -2.44. The molecule has 0 spiro atoms. The SMILES string of the molecule is C[C@H](OC(=O)c1c(Cl)cccc1Cl)C(=O)Nc1ccc2c(c1)OCCO2. The number of hydrogen-bond donors (Lipinski definition) is 1.